The number of rotatable bonds is 3. The largest absolute Gasteiger partial charge is 0.381 e. The molecule has 2 saturated heterocycles. The molecule has 0 radical (unpaired) electrons. The van der Waals surface area contributed by atoms with Crippen molar-refractivity contribution in [2.24, 2.45) is 17.8 Å². The van der Waals surface area contributed by atoms with Gasteiger partial charge in [0.05, 0.1) is 6.61 Å². The summed E-state index contributed by atoms with van der Waals surface area (Å²) in [7, 11) is 0. The topological polar surface area (TPSA) is 75.7 Å². The van der Waals surface area contributed by atoms with Gasteiger partial charge in [-0.05, 0) is 32.1 Å². The number of imide groups is 2. The third-order valence-electron chi connectivity index (χ3n) is 5.16. The van der Waals surface area contributed by atoms with Crippen molar-refractivity contribution < 1.29 is 19.1 Å². The minimum atomic E-state index is -0.685. The number of nitrogens with zero attached hydrogens (tertiary/aromatic N) is 1. The Kier molecular flexibility index (Phi) is 3.97. The van der Waals surface area contributed by atoms with Gasteiger partial charge >= 0.3 is 6.03 Å². The fourth-order valence-corrected chi connectivity index (χ4v) is 3.84. The average molecular weight is 294 g/mol. The molecule has 0 bridgehead atoms. The van der Waals surface area contributed by atoms with Crippen LogP contribution in [0, 0.1) is 17.8 Å². The molecule has 3 unspecified atom stereocenters. The smallest absolute Gasteiger partial charge is 0.331 e. The Labute approximate surface area is 124 Å². The van der Waals surface area contributed by atoms with Crippen LogP contribution in [0.2, 0.25) is 0 Å². The number of amides is 4. The number of ether oxygens (including phenoxy) is 1. The second-order valence-electron chi connectivity index (χ2n) is 6.39. The van der Waals surface area contributed by atoms with Crippen molar-refractivity contribution in [2.45, 2.75) is 45.1 Å². The van der Waals surface area contributed by atoms with E-state index in [1.54, 1.807) is 0 Å². The Morgan fingerprint density at radius 3 is 2.52 bits per heavy atom. The molecule has 0 aromatic rings. The number of hydrogen-bond acceptors (Lipinski definition) is 4. The first-order chi connectivity index (χ1) is 10.1. The van der Waals surface area contributed by atoms with Gasteiger partial charge in [0.15, 0.2) is 0 Å². The molecule has 3 fully saturated rings. The first kappa shape index (κ1) is 14.5. The lowest BCUT2D eigenvalue weighted by Gasteiger charge is -2.38. The minimum absolute atomic E-state index is 0.0835. The molecule has 3 rings (SSSR count). The molecule has 2 aliphatic heterocycles. The van der Waals surface area contributed by atoms with Crippen LogP contribution in [-0.4, -0.2) is 42.0 Å². The van der Waals surface area contributed by atoms with E-state index < -0.39 is 17.9 Å². The normalized spacial score (nSPS) is 32.6. The van der Waals surface area contributed by atoms with Crippen molar-refractivity contribution in [2.75, 3.05) is 13.2 Å². The summed E-state index contributed by atoms with van der Waals surface area (Å²) in [5.74, 6) is -1.16. The van der Waals surface area contributed by atoms with Gasteiger partial charge in [-0.2, -0.15) is 0 Å². The predicted molar refractivity (Wildman–Crippen MR) is 74.2 cm³/mol. The summed E-state index contributed by atoms with van der Waals surface area (Å²) < 4.78 is 5.35. The minimum Gasteiger partial charge on any atom is -0.381 e. The highest BCUT2D eigenvalue weighted by Gasteiger charge is 2.48. The second-order valence-corrected chi connectivity index (χ2v) is 6.39. The summed E-state index contributed by atoms with van der Waals surface area (Å²) in [6.45, 7) is 3.11. The van der Waals surface area contributed by atoms with Crippen LogP contribution in [0.5, 0.6) is 0 Å². The molecule has 1 aliphatic carbocycles. The third-order valence-corrected chi connectivity index (χ3v) is 5.16. The number of barbiturate groups is 1. The molecule has 1 saturated carbocycles. The Hall–Kier alpha value is -1.43. The SMILES string of the molecule is CC(C1CCOC1)N1C(=O)NC(=O)C(C2CCCC2)C1=O. The number of nitrogens with one attached hydrogen (secondary N) is 1. The van der Waals surface area contributed by atoms with E-state index in [0.717, 1.165) is 32.1 Å². The zero-order valence-electron chi connectivity index (χ0n) is 12.3. The van der Waals surface area contributed by atoms with Crippen LogP contribution in [0.1, 0.15) is 39.0 Å². The van der Waals surface area contributed by atoms with Crippen molar-refractivity contribution in [1.82, 2.24) is 10.2 Å². The van der Waals surface area contributed by atoms with Gasteiger partial charge in [-0.3, -0.25) is 19.8 Å². The van der Waals surface area contributed by atoms with Gasteiger partial charge in [0.2, 0.25) is 11.8 Å². The standard InChI is InChI=1S/C15H22N2O4/c1-9(11-6-7-21-8-11)17-14(19)12(10-4-2-3-5-10)13(18)16-15(17)20/h9-12H,2-8H2,1H3,(H,16,18,20). The summed E-state index contributed by atoms with van der Waals surface area (Å²) >= 11 is 0. The Morgan fingerprint density at radius 1 is 1.19 bits per heavy atom. The van der Waals surface area contributed by atoms with E-state index in [4.69, 9.17) is 4.74 Å². The third kappa shape index (κ3) is 2.57. The monoisotopic (exact) mass is 294 g/mol. The average Bonchev–Trinajstić information content (AvgIpc) is 3.11. The fourth-order valence-electron chi connectivity index (χ4n) is 3.84. The van der Waals surface area contributed by atoms with E-state index >= 15 is 0 Å². The van der Waals surface area contributed by atoms with Gasteiger partial charge in [0, 0.05) is 18.6 Å². The number of hydrogen-bond donors (Lipinski definition) is 1. The van der Waals surface area contributed by atoms with Crippen LogP contribution in [0.3, 0.4) is 0 Å². The van der Waals surface area contributed by atoms with Crippen LogP contribution in [0.25, 0.3) is 0 Å². The van der Waals surface area contributed by atoms with Gasteiger partial charge in [-0.15, -0.1) is 0 Å². The van der Waals surface area contributed by atoms with Crippen molar-refractivity contribution in [1.29, 1.82) is 0 Å². The highest BCUT2D eigenvalue weighted by Crippen LogP contribution is 2.35. The molecule has 0 aromatic heterocycles. The van der Waals surface area contributed by atoms with E-state index in [1.165, 1.54) is 4.90 Å². The van der Waals surface area contributed by atoms with E-state index in [1.807, 2.05) is 6.92 Å². The Bertz CT molecular complexity index is 453. The maximum absolute atomic E-state index is 12.7. The molecule has 6 heteroatoms. The van der Waals surface area contributed by atoms with Gasteiger partial charge in [-0.25, -0.2) is 4.79 Å². The van der Waals surface area contributed by atoms with Gasteiger partial charge in [-0.1, -0.05) is 12.8 Å². The lowest BCUT2D eigenvalue weighted by Crippen LogP contribution is -2.62. The van der Waals surface area contributed by atoms with Gasteiger partial charge < -0.3 is 4.74 Å². The van der Waals surface area contributed by atoms with Gasteiger partial charge in [0.1, 0.15) is 5.92 Å². The number of carbonyl (C=O) groups excluding carboxylic acids is 3. The number of urea groups is 1. The summed E-state index contributed by atoms with van der Waals surface area (Å²) in [5.41, 5.74) is 0. The summed E-state index contributed by atoms with van der Waals surface area (Å²) in [6.07, 6.45) is 4.75. The van der Waals surface area contributed by atoms with Crippen molar-refractivity contribution in [3.63, 3.8) is 0 Å². The molecule has 1 N–H and O–H groups in total. The van der Waals surface area contributed by atoms with Crippen LogP contribution in [0.15, 0.2) is 0 Å². The molecule has 0 spiro atoms. The first-order valence-electron chi connectivity index (χ1n) is 7.85. The lowest BCUT2D eigenvalue weighted by atomic mass is 9.86. The van der Waals surface area contributed by atoms with Crippen molar-refractivity contribution in [3.8, 4) is 0 Å². The quantitative estimate of drug-likeness (QED) is 0.796. The van der Waals surface area contributed by atoms with Gasteiger partial charge in [0.25, 0.3) is 0 Å². The molecular weight excluding hydrogens is 272 g/mol. The van der Waals surface area contributed by atoms with Crippen LogP contribution < -0.4 is 5.32 Å². The summed E-state index contributed by atoms with van der Waals surface area (Å²) in [5, 5.41) is 2.38. The van der Waals surface area contributed by atoms with Crippen molar-refractivity contribution in [3.05, 3.63) is 0 Å². The van der Waals surface area contributed by atoms with Crippen molar-refractivity contribution >= 4 is 17.8 Å². The van der Waals surface area contributed by atoms with E-state index in [9.17, 15) is 14.4 Å². The zero-order chi connectivity index (χ0) is 15.0. The van der Waals surface area contributed by atoms with Crippen LogP contribution >= 0.6 is 0 Å². The summed E-state index contributed by atoms with van der Waals surface area (Å²) in [6, 6.07) is -0.796. The maximum atomic E-state index is 12.7. The van der Waals surface area contributed by atoms with Crippen LogP contribution in [0.4, 0.5) is 4.79 Å². The van der Waals surface area contributed by atoms with E-state index in [2.05, 4.69) is 5.32 Å². The van der Waals surface area contributed by atoms with Crippen LogP contribution in [-0.2, 0) is 14.3 Å². The molecule has 2 heterocycles. The fraction of sp³-hybridized carbons (Fsp3) is 0.800. The maximum Gasteiger partial charge on any atom is 0.331 e. The highest BCUT2D eigenvalue weighted by molar-refractivity contribution is 6.16. The molecule has 3 aliphatic rings. The van der Waals surface area contributed by atoms with E-state index in [-0.39, 0.29) is 23.8 Å². The molecule has 3 atom stereocenters. The molecule has 116 valence electrons. The molecule has 4 amide bonds. The molecular formula is C15H22N2O4. The number of carbonyl (C=O) groups is 3. The lowest BCUT2D eigenvalue weighted by molar-refractivity contribution is -0.147. The summed E-state index contributed by atoms with van der Waals surface area (Å²) in [4.78, 5) is 38.2. The first-order valence-corrected chi connectivity index (χ1v) is 7.85. The van der Waals surface area contributed by atoms with E-state index in [0.29, 0.717) is 13.2 Å². The zero-order valence-corrected chi connectivity index (χ0v) is 12.3. The Morgan fingerprint density at radius 2 is 1.90 bits per heavy atom. The Balaban J connectivity index is 1.80. The highest BCUT2D eigenvalue weighted by atomic mass is 16.5. The molecule has 0 aromatic carbocycles. The predicted octanol–water partition coefficient (Wildman–Crippen LogP) is 1.30. The molecule has 21 heavy (non-hydrogen) atoms. The molecule has 6 nitrogen and oxygen atoms in total. The second kappa shape index (κ2) is 5.75.